The number of carbonyl (C=O) groups is 1. The van der Waals surface area contributed by atoms with Crippen LogP contribution in [0.5, 0.6) is 0 Å². The fourth-order valence-electron chi connectivity index (χ4n) is 5.00. The lowest BCUT2D eigenvalue weighted by Gasteiger charge is -2.43. The van der Waals surface area contributed by atoms with Crippen LogP contribution >= 0.6 is 0 Å². The smallest absolute Gasteiger partial charge is 0.322 e. The Kier molecular flexibility index (Phi) is 8.21. The van der Waals surface area contributed by atoms with Crippen molar-refractivity contribution >= 4 is 17.5 Å². The van der Waals surface area contributed by atoms with Gasteiger partial charge in [-0.05, 0) is 72.4 Å². The SMILES string of the molecule is Cc1cc(CN2CCN(c3ccc(-c4cccc(F)c4)cn3)[C@H](CC(C)C)C2)cc(NCC(=O)O)c1. The number of hydrogen-bond donors (Lipinski definition) is 2. The Bertz CT molecular complexity index is 1180. The zero-order valence-electron chi connectivity index (χ0n) is 21.2. The highest BCUT2D eigenvalue weighted by Gasteiger charge is 2.28. The summed E-state index contributed by atoms with van der Waals surface area (Å²) in [6, 6.07) is 17.2. The first-order valence-corrected chi connectivity index (χ1v) is 12.5. The van der Waals surface area contributed by atoms with Crippen molar-refractivity contribution in [2.45, 2.75) is 39.8 Å². The topological polar surface area (TPSA) is 68.7 Å². The summed E-state index contributed by atoms with van der Waals surface area (Å²) in [7, 11) is 0. The second-order valence-electron chi connectivity index (χ2n) is 10.1. The molecule has 1 saturated heterocycles. The van der Waals surface area contributed by atoms with Crippen LogP contribution in [-0.4, -0.2) is 53.2 Å². The van der Waals surface area contributed by atoms with Gasteiger partial charge in [0.2, 0.25) is 0 Å². The molecule has 1 aromatic heterocycles. The van der Waals surface area contributed by atoms with Gasteiger partial charge in [-0.1, -0.05) is 32.0 Å². The van der Waals surface area contributed by atoms with Crippen LogP contribution in [0.25, 0.3) is 11.1 Å². The molecule has 4 rings (SSSR count). The van der Waals surface area contributed by atoms with Crippen LogP contribution in [0.15, 0.2) is 60.8 Å². The number of carboxylic acid groups (broad SMARTS) is 1. The molecule has 0 bridgehead atoms. The van der Waals surface area contributed by atoms with Gasteiger partial charge in [-0.25, -0.2) is 9.37 Å². The van der Waals surface area contributed by atoms with Crippen molar-refractivity contribution in [3.8, 4) is 11.1 Å². The van der Waals surface area contributed by atoms with E-state index in [0.29, 0.717) is 12.0 Å². The molecule has 1 fully saturated rings. The minimum absolute atomic E-state index is 0.0942. The Balaban J connectivity index is 1.46. The van der Waals surface area contributed by atoms with Crippen molar-refractivity contribution in [1.29, 1.82) is 0 Å². The molecule has 0 amide bonds. The zero-order chi connectivity index (χ0) is 25.7. The second-order valence-corrected chi connectivity index (χ2v) is 10.1. The number of carboxylic acids is 1. The van der Waals surface area contributed by atoms with Crippen LogP contribution < -0.4 is 10.2 Å². The standard InChI is InChI=1S/C29H35FN4O2/c1-20(2)11-27-19-33(18-22-12-21(3)13-26(14-22)31-17-29(35)36)9-10-34(27)28-8-7-24(16-32-28)23-5-4-6-25(30)15-23/h4-8,12-16,20,27,31H,9-11,17-19H2,1-3H3,(H,35,36)/t27-/m1/s1. The lowest BCUT2D eigenvalue weighted by molar-refractivity contribution is -0.134. The van der Waals surface area contributed by atoms with E-state index in [0.717, 1.165) is 60.8 Å². The first-order chi connectivity index (χ1) is 17.3. The van der Waals surface area contributed by atoms with Crippen LogP contribution in [-0.2, 0) is 11.3 Å². The molecule has 2 N–H and O–H groups in total. The van der Waals surface area contributed by atoms with E-state index in [-0.39, 0.29) is 12.4 Å². The molecule has 190 valence electrons. The number of nitrogens with zero attached hydrogens (tertiary/aromatic N) is 3. The number of halogens is 1. The second kappa shape index (κ2) is 11.5. The van der Waals surface area contributed by atoms with Crippen LogP contribution in [0.1, 0.15) is 31.4 Å². The van der Waals surface area contributed by atoms with Gasteiger partial charge < -0.3 is 15.3 Å². The van der Waals surface area contributed by atoms with Gasteiger partial charge in [0, 0.05) is 49.7 Å². The number of rotatable bonds is 9. The molecular weight excluding hydrogens is 455 g/mol. The van der Waals surface area contributed by atoms with Crippen LogP contribution in [0, 0.1) is 18.7 Å². The van der Waals surface area contributed by atoms with E-state index in [9.17, 15) is 9.18 Å². The Labute approximate surface area is 212 Å². The van der Waals surface area contributed by atoms with Gasteiger partial charge in [-0.2, -0.15) is 0 Å². The molecule has 7 heteroatoms. The van der Waals surface area contributed by atoms with Gasteiger partial charge in [0.05, 0.1) is 0 Å². The summed E-state index contributed by atoms with van der Waals surface area (Å²) in [4.78, 5) is 20.6. The molecule has 0 aliphatic carbocycles. The van der Waals surface area contributed by atoms with Gasteiger partial charge in [-0.15, -0.1) is 0 Å². The highest BCUT2D eigenvalue weighted by atomic mass is 19.1. The first kappa shape index (κ1) is 25.6. The molecule has 1 atom stereocenters. The maximum atomic E-state index is 13.6. The predicted octanol–water partition coefficient (Wildman–Crippen LogP) is 5.43. The number of aliphatic carboxylic acids is 1. The monoisotopic (exact) mass is 490 g/mol. The maximum Gasteiger partial charge on any atom is 0.322 e. The number of anilines is 2. The predicted molar refractivity (Wildman–Crippen MR) is 143 cm³/mol. The molecule has 0 radical (unpaired) electrons. The fourth-order valence-corrected chi connectivity index (χ4v) is 5.00. The summed E-state index contributed by atoms with van der Waals surface area (Å²) in [6.45, 7) is 9.97. The third-order valence-electron chi connectivity index (χ3n) is 6.50. The van der Waals surface area contributed by atoms with E-state index in [1.54, 1.807) is 6.07 Å². The van der Waals surface area contributed by atoms with Gasteiger partial charge in [-0.3, -0.25) is 9.69 Å². The fraction of sp³-hybridized carbons (Fsp3) is 0.379. The Hall–Kier alpha value is -3.45. The largest absolute Gasteiger partial charge is 0.480 e. The highest BCUT2D eigenvalue weighted by Crippen LogP contribution is 2.27. The van der Waals surface area contributed by atoms with E-state index in [1.165, 1.54) is 17.7 Å². The van der Waals surface area contributed by atoms with Crippen LogP contribution in [0.2, 0.25) is 0 Å². The highest BCUT2D eigenvalue weighted by molar-refractivity contribution is 5.73. The van der Waals surface area contributed by atoms with Crippen molar-refractivity contribution in [2.75, 3.05) is 36.4 Å². The van der Waals surface area contributed by atoms with E-state index >= 15 is 0 Å². The number of pyridine rings is 1. The van der Waals surface area contributed by atoms with Crippen molar-refractivity contribution in [3.05, 3.63) is 77.7 Å². The Morgan fingerprint density at radius 2 is 1.97 bits per heavy atom. The number of benzene rings is 2. The maximum absolute atomic E-state index is 13.6. The number of aryl methyl sites for hydroxylation is 1. The van der Waals surface area contributed by atoms with Crippen molar-refractivity contribution in [2.24, 2.45) is 5.92 Å². The molecule has 36 heavy (non-hydrogen) atoms. The number of piperazine rings is 1. The molecule has 1 aliphatic heterocycles. The Morgan fingerprint density at radius 1 is 1.14 bits per heavy atom. The van der Waals surface area contributed by atoms with Gasteiger partial charge in [0.25, 0.3) is 0 Å². The molecule has 6 nitrogen and oxygen atoms in total. The van der Waals surface area contributed by atoms with Crippen LogP contribution in [0.3, 0.4) is 0 Å². The molecule has 3 aromatic rings. The molecule has 0 saturated carbocycles. The van der Waals surface area contributed by atoms with Gasteiger partial charge >= 0.3 is 5.97 Å². The summed E-state index contributed by atoms with van der Waals surface area (Å²) >= 11 is 0. The quantitative estimate of drug-likeness (QED) is 0.417. The summed E-state index contributed by atoms with van der Waals surface area (Å²) in [5, 5.41) is 12.0. The van der Waals surface area contributed by atoms with Crippen LogP contribution in [0.4, 0.5) is 15.9 Å². The van der Waals surface area contributed by atoms with Crippen molar-refractivity contribution in [3.63, 3.8) is 0 Å². The summed E-state index contributed by atoms with van der Waals surface area (Å²) in [6.07, 6.45) is 2.89. The first-order valence-electron chi connectivity index (χ1n) is 12.5. The summed E-state index contributed by atoms with van der Waals surface area (Å²) in [5.41, 5.74) is 4.86. The van der Waals surface area contributed by atoms with E-state index in [1.807, 2.05) is 43.5 Å². The van der Waals surface area contributed by atoms with Crippen molar-refractivity contribution < 1.29 is 14.3 Å². The summed E-state index contributed by atoms with van der Waals surface area (Å²) in [5.74, 6) is 0.386. The van der Waals surface area contributed by atoms with Crippen molar-refractivity contribution in [1.82, 2.24) is 9.88 Å². The summed E-state index contributed by atoms with van der Waals surface area (Å²) < 4.78 is 13.6. The number of aromatic nitrogens is 1. The lowest BCUT2D eigenvalue weighted by Crippen LogP contribution is -2.53. The normalized spacial score (nSPS) is 16.4. The lowest BCUT2D eigenvalue weighted by atomic mass is 9.99. The van der Waals surface area contributed by atoms with Gasteiger partial charge in [0.1, 0.15) is 18.2 Å². The van der Waals surface area contributed by atoms with E-state index < -0.39 is 5.97 Å². The third-order valence-corrected chi connectivity index (χ3v) is 6.50. The molecular formula is C29H35FN4O2. The average Bonchev–Trinajstić information content (AvgIpc) is 2.82. The minimum atomic E-state index is -0.872. The number of hydrogen-bond acceptors (Lipinski definition) is 5. The number of nitrogens with one attached hydrogen (secondary N) is 1. The average molecular weight is 491 g/mol. The third kappa shape index (κ3) is 6.82. The van der Waals surface area contributed by atoms with Gasteiger partial charge in [0.15, 0.2) is 0 Å². The van der Waals surface area contributed by atoms with E-state index in [2.05, 4.69) is 35.0 Å². The molecule has 2 heterocycles. The molecule has 2 aromatic carbocycles. The van der Waals surface area contributed by atoms with E-state index in [4.69, 9.17) is 10.1 Å². The minimum Gasteiger partial charge on any atom is -0.480 e. The molecule has 0 spiro atoms. The molecule has 1 aliphatic rings. The zero-order valence-corrected chi connectivity index (χ0v) is 21.2. The molecule has 0 unspecified atom stereocenters. The Morgan fingerprint density at radius 3 is 2.67 bits per heavy atom.